The Morgan fingerprint density at radius 3 is 2.37 bits per heavy atom. The van der Waals surface area contributed by atoms with E-state index in [-0.39, 0.29) is 5.41 Å². The molecule has 3 heteroatoms. The Morgan fingerprint density at radius 2 is 1.68 bits per heavy atom. The Bertz CT molecular complexity index is 312. The fourth-order valence-corrected chi connectivity index (χ4v) is 5.05. The minimum Gasteiger partial charge on any atom is -0.389 e. The molecule has 3 nitrogen and oxygen atoms in total. The van der Waals surface area contributed by atoms with Crippen molar-refractivity contribution >= 4 is 0 Å². The minimum atomic E-state index is -0.480. The zero-order valence-electron chi connectivity index (χ0n) is 12.2. The average molecular weight is 266 g/mol. The largest absolute Gasteiger partial charge is 0.389 e. The van der Waals surface area contributed by atoms with Gasteiger partial charge in [0.1, 0.15) is 0 Å². The molecule has 3 rings (SSSR count). The lowest BCUT2D eigenvalue weighted by Gasteiger charge is -2.53. The first-order chi connectivity index (χ1) is 9.20. The molecule has 3 unspecified atom stereocenters. The van der Waals surface area contributed by atoms with Crippen LogP contribution >= 0.6 is 0 Å². The smallest absolute Gasteiger partial charge is 0.0768 e. The molecule has 2 bridgehead atoms. The molecule has 0 amide bonds. The van der Waals surface area contributed by atoms with Crippen LogP contribution < -0.4 is 5.73 Å². The fraction of sp³-hybridized carbons (Fsp3) is 1.00. The van der Waals surface area contributed by atoms with E-state index in [2.05, 4.69) is 4.90 Å². The second-order valence-corrected chi connectivity index (χ2v) is 7.21. The van der Waals surface area contributed by atoms with E-state index in [1.54, 1.807) is 0 Å². The lowest BCUT2D eigenvalue weighted by atomic mass is 9.58. The van der Waals surface area contributed by atoms with E-state index in [0.717, 1.165) is 32.4 Å². The van der Waals surface area contributed by atoms with Gasteiger partial charge < -0.3 is 15.7 Å². The molecule has 3 atom stereocenters. The summed E-state index contributed by atoms with van der Waals surface area (Å²) in [5, 5.41) is 11.5. The first-order valence-electron chi connectivity index (χ1n) is 8.35. The molecule has 19 heavy (non-hydrogen) atoms. The zero-order valence-corrected chi connectivity index (χ0v) is 12.2. The van der Waals surface area contributed by atoms with Crippen LogP contribution in [0.2, 0.25) is 0 Å². The Labute approximate surface area is 117 Å². The summed E-state index contributed by atoms with van der Waals surface area (Å²) in [5.74, 6) is 0.476. The molecule has 0 aromatic carbocycles. The Kier molecular flexibility index (Phi) is 3.89. The lowest BCUT2D eigenvalue weighted by molar-refractivity contribution is -0.149. The van der Waals surface area contributed by atoms with Crippen molar-refractivity contribution < 1.29 is 5.11 Å². The SMILES string of the molecule is NCC1(C2(O)CCN3CCC2C3)CCCCCCC1. The van der Waals surface area contributed by atoms with Crippen LogP contribution in [-0.2, 0) is 0 Å². The second-order valence-electron chi connectivity index (χ2n) is 7.21. The number of nitrogens with zero attached hydrogens (tertiary/aromatic N) is 1. The molecule has 3 fully saturated rings. The number of fused-ring (bicyclic) bond motifs is 2. The van der Waals surface area contributed by atoms with Gasteiger partial charge in [-0.2, -0.15) is 0 Å². The van der Waals surface area contributed by atoms with E-state index in [0.29, 0.717) is 12.5 Å². The van der Waals surface area contributed by atoms with Gasteiger partial charge in [-0.3, -0.25) is 0 Å². The molecule has 3 aliphatic rings. The highest BCUT2D eigenvalue weighted by atomic mass is 16.3. The third-order valence-electron chi connectivity index (χ3n) is 6.38. The van der Waals surface area contributed by atoms with Crippen molar-refractivity contribution in [2.75, 3.05) is 26.2 Å². The topological polar surface area (TPSA) is 49.5 Å². The van der Waals surface area contributed by atoms with Gasteiger partial charge in [-0.25, -0.2) is 0 Å². The third-order valence-corrected chi connectivity index (χ3v) is 6.38. The number of rotatable bonds is 2. The van der Waals surface area contributed by atoms with Crippen LogP contribution in [0.25, 0.3) is 0 Å². The summed E-state index contributed by atoms with van der Waals surface area (Å²) in [5.41, 5.74) is 5.76. The number of hydrogen-bond donors (Lipinski definition) is 2. The average Bonchev–Trinajstić information content (AvgIpc) is 2.80. The van der Waals surface area contributed by atoms with Gasteiger partial charge in [0.25, 0.3) is 0 Å². The Balaban J connectivity index is 1.85. The molecule has 3 N–H and O–H groups in total. The van der Waals surface area contributed by atoms with Crippen molar-refractivity contribution in [1.82, 2.24) is 4.90 Å². The molecule has 2 heterocycles. The number of piperidine rings is 1. The first kappa shape index (κ1) is 13.8. The van der Waals surface area contributed by atoms with Gasteiger partial charge in [0, 0.05) is 31.0 Å². The van der Waals surface area contributed by atoms with Crippen LogP contribution in [0, 0.1) is 11.3 Å². The number of nitrogens with two attached hydrogens (primary N) is 1. The van der Waals surface area contributed by atoms with Gasteiger partial charge in [0.15, 0.2) is 0 Å². The van der Waals surface area contributed by atoms with Crippen molar-refractivity contribution in [1.29, 1.82) is 0 Å². The van der Waals surface area contributed by atoms with Crippen molar-refractivity contribution in [2.45, 2.75) is 63.4 Å². The number of hydrogen-bond acceptors (Lipinski definition) is 3. The van der Waals surface area contributed by atoms with Gasteiger partial charge in [-0.15, -0.1) is 0 Å². The van der Waals surface area contributed by atoms with E-state index in [1.807, 2.05) is 0 Å². The highest BCUT2D eigenvalue weighted by Crippen LogP contribution is 2.52. The molecule has 0 aromatic rings. The summed E-state index contributed by atoms with van der Waals surface area (Å²) in [6.07, 6.45) is 11.0. The normalized spacial score (nSPS) is 42.6. The van der Waals surface area contributed by atoms with Gasteiger partial charge in [0.2, 0.25) is 0 Å². The van der Waals surface area contributed by atoms with Gasteiger partial charge >= 0.3 is 0 Å². The third kappa shape index (κ3) is 2.24. The maximum Gasteiger partial charge on any atom is 0.0768 e. The fourth-order valence-electron chi connectivity index (χ4n) is 5.05. The number of aliphatic hydroxyl groups is 1. The van der Waals surface area contributed by atoms with Gasteiger partial charge in [-0.05, 0) is 32.2 Å². The van der Waals surface area contributed by atoms with Crippen molar-refractivity contribution in [3.05, 3.63) is 0 Å². The highest BCUT2D eigenvalue weighted by molar-refractivity contribution is 5.08. The molecular weight excluding hydrogens is 236 g/mol. The standard InChI is InChI=1S/C16H30N2O/c17-13-15(7-4-2-1-3-5-8-15)16(19)9-11-18-10-6-14(16)12-18/h14,19H,1-13,17H2. The van der Waals surface area contributed by atoms with E-state index in [1.165, 1.54) is 45.1 Å². The maximum absolute atomic E-state index is 11.5. The summed E-state index contributed by atoms with van der Waals surface area (Å²) >= 11 is 0. The summed E-state index contributed by atoms with van der Waals surface area (Å²) in [6.45, 7) is 4.06. The van der Waals surface area contributed by atoms with Gasteiger partial charge in [-0.1, -0.05) is 32.1 Å². The molecule has 1 aliphatic carbocycles. The van der Waals surface area contributed by atoms with E-state index in [4.69, 9.17) is 5.73 Å². The van der Waals surface area contributed by atoms with Crippen LogP contribution in [0.1, 0.15) is 57.8 Å². The van der Waals surface area contributed by atoms with Crippen LogP contribution in [0.15, 0.2) is 0 Å². The molecule has 110 valence electrons. The van der Waals surface area contributed by atoms with Crippen LogP contribution in [0.3, 0.4) is 0 Å². The zero-order chi connectivity index (χ0) is 13.3. The van der Waals surface area contributed by atoms with Gasteiger partial charge in [0.05, 0.1) is 5.60 Å². The maximum atomic E-state index is 11.5. The molecule has 0 radical (unpaired) electrons. The molecule has 0 spiro atoms. The van der Waals surface area contributed by atoms with Crippen molar-refractivity contribution in [2.24, 2.45) is 17.1 Å². The first-order valence-corrected chi connectivity index (χ1v) is 8.35. The van der Waals surface area contributed by atoms with Crippen LogP contribution in [0.5, 0.6) is 0 Å². The Morgan fingerprint density at radius 1 is 1.00 bits per heavy atom. The summed E-state index contributed by atoms with van der Waals surface area (Å²) in [7, 11) is 0. The second kappa shape index (κ2) is 5.34. The summed E-state index contributed by atoms with van der Waals surface area (Å²) in [6, 6.07) is 0. The van der Waals surface area contributed by atoms with Crippen molar-refractivity contribution in [3.8, 4) is 0 Å². The molecule has 2 aliphatic heterocycles. The quantitative estimate of drug-likeness (QED) is 0.805. The van der Waals surface area contributed by atoms with Crippen molar-refractivity contribution in [3.63, 3.8) is 0 Å². The molecular formula is C16H30N2O. The lowest BCUT2D eigenvalue weighted by Crippen LogP contribution is -2.60. The van der Waals surface area contributed by atoms with E-state index < -0.39 is 5.60 Å². The summed E-state index contributed by atoms with van der Waals surface area (Å²) < 4.78 is 0. The molecule has 0 aromatic heterocycles. The van der Waals surface area contributed by atoms with E-state index >= 15 is 0 Å². The predicted molar refractivity (Wildman–Crippen MR) is 77.9 cm³/mol. The molecule has 1 saturated carbocycles. The predicted octanol–water partition coefficient (Wildman–Crippen LogP) is 2.13. The summed E-state index contributed by atoms with van der Waals surface area (Å²) in [4.78, 5) is 2.52. The van der Waals surface area contributed by atoms with Crippen LogP contribution in [-0.4, -0.2) is 41.8 Å². The van der Waals surface area contributed by atoms with E-state index in [9.17, 15) is 5.11 Å². The molecule has 2 saturated heterocycles. The van der Waals surface area contributed by atoms with Crippen LogP contribution in [0.4, 0.5) is 0 Å². The monoisotopic (exact) mass is 266 g/mol. The minimum absolute atomic E-state index is 0.00845. The Hall–Kier alpha value is -0.120. The highest BCUT2D eigenvalue weighted by Gasteiger charge is 2.56.